The van der Waals surface area contributed by atoms with Crippen LogP contribution in [0.1, 0.15) is 150 Å². The summed E-state index contributed by atoms with van der Waals surface area (Å²) in [6.45, 7) is 8.64. The molecule has 0 saturated carbocycles. The van der Waals surface area contributed by atoms with Crippen LogP contribution in [0.2, 0.25) is 0 Å². The Kier molecular flexibility index (Phi) is 20.2. The van der Waals surface area contributed by atoms with Gasteiger partial charge in [-0.3, -0.25) is 4.79 Å². The number of unbranched alkanes of at least 4 members (excludes halogenated alkanes) is 15. The summed E-state index contributed by atoms with van der Waals surface area (Å²) in [6.07, 6.45) is 26.1. The standard InChI is InChI=1S/C26H52O/c1-5-6-7-8-9-10-11-12-13-14-15-16-17-18-19-20-21-25(4)22-23-26(27)24(2)3/h24-25H,5-23H2,1-4H3/t25-/m0/s1. The van der Waals surface area contributed by atoms with Gasteiger partial charge in [0.1, 0.15) is 5.78 Å². The molecule has 0 radical (unpaired) electrons. The highest BCUT2D eigenvalue weighted by Crippen LogP contribution is 2.18. The van der Waals surface area contributed by atoms with E-state index in [4.69, 9.17) is 0 Å². The lowest BCUT2D eigenvalue weighted by atomic mass is 9.94. The molecule has 0 unspecified atom stereocenters. The molecule has 0 rings (SSSR count). The summed E-state index contributed by atoms with van der Waals surface area (Å²) in [6, 6.07) is 0. The predicted molar refractivity (Wildman–Crippen MR) is 122 cm³/mol. The van der Waals surface area contributed by atoms with Crippen molar-refractivity contribution in [3.8, 4) is 0 Å². The molecule has 1 nitrogen and oxygen atoms in total. The third kappa shape index (κ3) is 20.2. The Morgan fingerprint density at radius 3 is 1.30 bits per heavy atom. The van der Waals surface area contributed by atoms with Crippen LogP contribution >= 0.6 is 0 Å². The fourth-order valence-corrected chi connectivity index (χ4v) is 3.86. The molecular formula is C26H52O. The summed E-state index contributed by atoms with van der Waals surface area (Å²) in [5.74, 6) is 1.38. The van der Waals surface area contributed by atoms with Crippen LogP contribution in [0.5, 0.6) is 0 Å². The Labute approximate surface area is 172 Å². The van der Waals surface area contributed by atoms with E-state index in [-0.39, 0.29) is 5.92 Å². The fraction of sp³-hybridized carbons (Fsp3) is 0.962. The summed E-state index contributed by atoms with van der Waals surface area (Å²) in [7, 11) is 0. The summed E-state index contributed by atoms with van der Waals surface area (Å²) >= 11 is 0. The van der Waals surface area contributed by atoms with Crippen LogP contribution in [0, 0.1) is 11.8 Å². The molecule has 27 heavy (non-hydrogen) atoms. The molecule has 0 fully saturated rings. The maximum atomic E-state index is 11.7. The Balaban J connectivity index is 3.17. The van der Waals surface area contributed by atoms with Gasteiger partial charge in [0.2, 0.25) is 0 Å². The third-order valence-corrected chi connectivity index (χ3v) is 6.08. The van der Waals surface area contributed by atoms with E-state index in [1.807, 2.05) is 13.8 Å². The second kappa shape index (κ2) is 20.4. The molecule has 1 atom stereocenters. The van der Waals surface area contributed by atoms with Gasteiger partial charge >= 0.3 is 0 Å². The Bertz CT molecular complexity index is 307. The van der Waals surface area contributed by atoms with Gasteiger partial charge in [-0.2, -0.15) is 0 Å². The van der Waals surface area contributed by atoms with Gasteiger partial charge in [-0.05, 0) is 12.3 Å². The van der Waals surface area contributed by atoms with Crippen LogP contribution in [-0.2, 0) is 4.79 Å². The minimum atomic E-state index is 0.216. The average Bonchev–Trinajstić information content (AvgIpc) is 2.65. The van der Waals surface area contributed by atoms with Crippen LogP contribution in [0.3, 0.4) is 0 Å². The Morgan fingerprint density at radius 1 is 0.556 bits per heavy atom. The Hall–Kier alpha value is -0.330. The lowest BCUT2D eigenvalue weighted by Crippen LogP contribution is -2.08. The topological polar surface area (TPSA) is 17.1 Å². The first kappa shape index (κ1) is 26.7. The Morgan fingerprint density at radius 2 is 0.926 bits per heavy atom. The maximum Gasteiger partial charge on any atom is 0.135 e. The van der Waals surface area contributed by atoms with E-state index in [0.29, 0.717) is 5.78 Å². The van der Waals surface area contributed by atoms with Gasteiger partial charge < -0.3 is 0 Å². The maximum absolute atomic E-state index is 11.7. The van der Waals surface area contributed by atoms with Crippen LogP contribution in [0.15, 0.2) is 0 Å². The average molecular weight is 381 g/mol. The summed E-state index contributed by atoms with van der Waals surface area (Å²) in [5.41, 5.74) is 0. The summed E-state index contributed by atoms with van der Waals surface area (Å²) < 4.78 is 0. The molecule has 0 bridgehead atoms. The first-order chi connectivity index (χ1) is 13.1. The zero-order chi connectivity index (χ0) is 20.2. The molecule has 1 heteroatoms. The van der Waals surface area contributed by atoms with Gasteiger partial charge in [-0.25, -0.2) is 0 Å². The van der Waals surface area contributed by atoms with Crippen LogP contribution in [0.4, 0.5) is 0 Å². The van der Waals surface area contributed by atoms with Gasteiger partial charge in [0, 0.05) is 12.3 Å². The molecule has 0 spiro atoms. The summed E-state index contributed by atoms with van der Waals surface area (Å²) in [4.78, 5) is 11.7. The quantitative estimate of drug-likeness (QED) is 0.181. The van der Waals surface area contributed by atoms with Crippen LogP contribution < -0.4 is 0 Å². The molecule has 0 aliphatic carbocycles. The SMILES string of the molecule is CCCCCCCCCCCCCCCCCC[C@H](C)CCC(=O)C(C)C. The van der Waals surface area contributed by atoms with E-state index in [9.17, 15) is 4.79 Å². The number of hydrogen-bond acceptors (Lipinski definition) is 1. The zero-order valence-corrected chi connectivity index (χ0v) is 19.5. The molecule has 0 saturated heterocycles. The summed E-state index contributed by atoms with van der Waals surface area (Å²) in [5, 5.41) is 0. The van der Waals surface area contributed by atoms with Crippen molar-refractivity contribution in [2.45, 2.75) is 150 Å². The van der Waals surface area contributed by atoms with Crippen molar-refractivity contribution in [3.05, 3.63) is 0 Å². The third-order valence-electron chi connectivity index (χ3n) is 6.08. The molecule has 0 aliphatic rings. The van der Waals surface area contributed by atoms with Crippen LogP contribution in [-0.4, -0.2) is 5.78 Å². The minimum Gasteiger partial charge on any atom is -0.299 e. The first-order valence-electron chi connectivity index (χ1n) is 12.6. The zero-order valence-electron chi connectivity index (χ0n) is 19.5. The lowest BCUT2D eigenvalue weighted by Gasteiger charge is -2.11. The molecule has 162 valence electrons. The molecule has 0 aromatic heterocycles. The number of hydrogen-bond donors (Lipinski definition) is 0. The van der Waals surface area contributed by atoms with Crippen molar-refractivity contribution < 1.29 is 4.79 Å². The molecule has 0 heterocycles. The normalized spacial score (nSPS) is 12.6. The van der Waals surface area contributed by atoms with E-state index < -0.39 is 0 Å². The molecule has 0 N–H and O–H groups in total. The van der Waals surface area contributed by atoms with Crippen molar-refractivity contribution in [2.24, 2.45) is 11.8 Å². The number of Topliss-reactive ketones (excluding diaryl/α,β-unsaturated/α-hetero) is 1. The second-order valence-corrected chi connectivity index (χ2v) is 9.36. The van der Waals surface area contributed by atoms with E-state index in [0.717, 1.165) is 18.8 Å². The van der Waals surface area contributed by atoms with Gasteiger partial charge in [-0.1, -0.05) is 137 Å². The van der Waals surface area contributed by atoms with Gasteiger partial charge in [0.25, 0.3) is 0 Å². The minimum absolute atomic E-state index is 0.216. The smallest absolute Gasteiger partial charge is 0.135 e. The van der Waals surface area contributed by atoms with Gasteiger partial charge in [0.05, 0.1) is 0 Å². The lowest BCUT2D eigenvalue weighted by molar-refractivity contribution is -0.122. The van der Waals surface area contributed by atoms with E-state index in [1.165, 1.54) is 109 Å². The largest absolute Gasteiger partial charge is 0.299 e. The number of ketones is 1. The number of carbonyl (C=O) groups is 1. The predicted octanol–water partition coefficient (Wildman–Crippen LogP) is 9.28. The molecule has 0 aromatic carbocycles. The van der Waals surface area contributed by atoms with E-state index in [2.05, 4.69) is 13.8 Å². The van der Waals surface area contributed by atoms with Crippen molar-refractivity contribution in [1.82, 2.24) is 0 Å². The van der Waals surface area contributed by atoms with Crippen molar-refractivity contribution in [1.29, 1.82) is 0 Å². The van der Waals surface area contributed by atoms with Crippen molar-refractivity contribution in [3.63, 3.8) is 0 Å². The van der Waals surface area contributed by atoms with Crippen molar-refractivity contribution in [2.75, 3.05) is 0 Å². The monoisotopic (exact) mass is 380 g/mol. The molecule has 0 aliphatic heterocycles. The van der Waals surface area contributed by atoms with E-state index in [1.54, 1.807) is 0 Å². The highest BCUT2D eigenvalue weighted by Gasteiger charge is 2.09. The highest BCUT2D eigenvalue weighted by molar-refractivity contribution is 5.80. The van der Waals surface area contributed by atoms with E-state index >= 15 is 0 Å². The first-order valence-corrected chi connectivity index (χ1v) is 12.6. The molecular weight excluding hydrogens is 328 g/mol. The van der Waals surface area contributed by atoms with Gasteiger partial charge in [-0.15, -0.1) is 0 Å². The molecule has 0 amide bonds. The second-order valence-electron chi connectivity index (χ2n) is 9.36. The van der Waals surface area contributed by atoms with Crippen LogP contribution in [0.25, 0.3) is 0 Å². The number of rotatable bonds is 21. The molecule has 0 aromatic rings. The van der Waals surface area contributed by atoms with Gasteiger partial charge in [0.15, 0.2) is 0 Å². The number of carbonyl (C=O) groups excluding carboxylic acids is 1. The highest BCUT2D eigenvalue weighted by atomic mass is 16.1. The van der Waals surface area contributed by atoms with Crippen molar-refractivity contribution >= 4 is 5.78 Å². The fourth-order valence-electron chi connectivity index (χ4n) is 3.86.